The third-order valence-electron chi connectivity index (χ3n) is 3.83. The standard InChI is InChI=1S/C15H19NO3/c1-15(2,11-7-4-3-5-8-11)14(19)16-10-6-9-12(16)13(17)18/h3-5,7-8,12H,6,9-10H2,1-2H3,(H,17,18)/t12-/m0/s1. The van der Waals surface area contributed by atoms with Gasteiger partial charge in [0.1, 0.15) is 6.04 Å². The summed E-state index contributed by atoms with van der Waals surface area (Å²) < 4.78 is 0. The number of benzene rings is 1. The fraction of sp³-hybridized carbons (Fsp3) is 0.467. The molecule has 4 nitrogen and oxygen atoms in total. The number of carbonyl (C=O) groups is 2. The quantitative estimate of drug-likeness (QED) is 0.905. The van der Waals surface area contributed by atoms with Crippen LogP contribution in [0.4, 0.5) is 0 Å². The Morgan fingerprint density at radius 3 is 2.47 bits per heavy atom. The van der Waals surface area contributed by atoms with Gasteiger partial charge in [0.05, 0.1) is 5.41 Å². The molecule has 1 fully saturated rings. The number of hydrogen-bond acceptors (Lipinski definition) is 2. The number of amides is 1. The van der Waals surface area contributed by atoms with E-state index in [1.807, 2.05) is 44.2 Å². The van der Waals surface area contributed by atoms with Crippen LogP contribution in [0.15, 0.2) is 30.3 Å². The van der Waals surface area contributed by atoms with Crippen molar-refractivity contribution < 1.29 is 14.7 Å². The van der Waals surface area contributed by atoms with Gasteiger partial charge in [-0.25, -0.2) is 4.79 Å². The molecule has 1 atom stereocenters. The summed E-state index contributed by atoms with van der Waals surface area (Å²) in [6.07, 6.45) is 1.31. The van der Waals surface area contributed by atoms with Crippen LogP contribution in [0.3, 0.4) is 0 Å². The van der Waals surface area contributed by atoms with Crippen LogP contribution in [-0.2, 0) is 15.0 Å². The Balaban J connectivity index is 2.26. The summed E-state index contributed by atoms with van der Waals surface area (Å²) in [5.41, 5.74) is 0.218. The molecule has 2 rings (SSSR count). The fourth-order valence-electron chi connectivity index (χ4n) is 2.60. The molecule has 1 aromatic carbocycles. The minimum absolute atomic E-state index is 0.108. The number of carboxylic acid groups (broad SMARTS) is 1. The van der Waals surface area contributed by atoms with Gasteiger partial charge >= 0.3 is 5.97 Å². The van der Waals surface area contributed by atoms with Crippen molar-refractivity contribution in [3.05, 3.63) is 35.9 Å². The summed E-state index contributed by atoms with van der Waals surface area (Å²) in [6, 6.07) is 8.83. The zero-order chi connectivity index (χ0) is 14.0. The number of aliphatic carboxylic acids is 1. The van der Waals surface area contributed by atoms with Crippen LogP contribution in [0.1, 0.15) is 32.3 Å². The molecule has 0 spiro atoms. The number of rotatable bonds is 3. The lowest BCUT2D eigenvalue weighted by atomic mass is 9.83. The zero-order valence-electron chi connectivity index (χ0n) is 11.3. The van der Waals surface area contributed by atoms with E-state index >= 15 is 0 Å². The minimum Gasteiger partial charge on any atom is -0.480 e. The maximum atomic E-state index is 12.6. The number of hydrogen-bond donors (Lipinski definition) is 1. The normalized spacial score (nSPS) is 19.5. The molecule has 19 heavy (non-hydrogen) atoms. The molecule has 0 saturated carbocycles. The second kappa shape index (κ2) is 5.03. The Morgan fingerprint density at radius 1 is 1.26 bits per heavy atom. The number of likely N-dealkylation sites (tertiary alicyclic amines) is 1. The van der Waals surface area contributed by atoms with Crippen molar-refractivity contribution in [2.24, 2.45) is 0 Å². The molecule has 1 heterocycles. The van der Waals surface area contributed by atoms with Crippen molar-refractivity contribution in [1.29, 1.82) is 0 Å². The first-order chi connectivity index (χ1) is 8.94. The van der Waals surface area contributed by atoms with Crippen LogP contribution >= 0.6 is 0 Å². The van der Waals surface area contributed by atoms with E-state index in [-0.39, 0.29) is 5.91 Å². The Labute approximate surface area is 113 Å². The smallest absolute Gasteiger partial charge is 0.326 e. The van der Waals surface area contributed by atoms with Gasteiger partial charge in [0.25, 0.3) is 0 Å². The van der Waals surface area contributed by atoms with E-state index in [4.69, 9.17) is 0 Å². The van der Waals surface area contributed by atoms with Crippen LogP contribution < -0.4 is 0 Å². The summed E-state index contributed by atoms with van der Waals surface area (Å²) >= 11 is 0. The molecule has 102 valence electrons. The summed E-state index contributed by atoms with van der Waals surface area (Å²) in [5, 5.41) is 9.17. The maximum absolute atomic E-state index is 12.6. The molecule has 4 heteroatoms. The number of carboxylic acids is 1. The summed E-state index contributed by atoms with van der Waals surface area (Å²) in [6.45, 7) is 4.23. The predicted molar refractivity (Wildman–Crippen MR) is 71.8 cm³/mol. The highest BCUT2D eigenvalue weighted by Crippen LogP contribution is 2.29. The van der Waals surface area contributed by atoms with Gasteiger partial charge in [0.15, 0.2) is 0 Å². The van der Waals surface area contributed by atoms with Gasteiger partial charge in [-0.3, -0.25) is 4.79 Å². The monoisotopic (exact) mass is 261 g/mol. The summed E-state index contributed by atoms with van der Waals surface area (Å²) in [5.74, 6) is -1.02. The lowest BCUT2D eigenvalue weighted by molar-refractivity contribution is -0.150. The Bertz CT molecular complexity index is 481. The first kappa shape index (κ1) is 13.6. The highest BCUT2D eigenvalue weighted by Gasteiger charge is 2.41. The predicted octanol–water partition coefficient (Wildman–Crippen LogP) is 2.04. The first-order valence-corrected chi connectivity index (χ1v) is 6.54. The third-order valence-corrected chi connectivity index (χ3v) is 3.83. The van der Waals surface area contributed by atoms with Gasteiger partial charge in [-0.2, -0.15) is 0 Å². The largest absolute Gasteiger partial charge is 0.480 e. The van der Waals surface area contributed by atoms with E-state index < -0.39 is 17.4 Å². The average Bonchev–Trinajstić information content (AvgIpc) is 2.88. The Hall–Kier alpha value is -1.84. The summed E-state index contributed by atoms with van der Waals surface area (Å²) in [7, 11) is 0. The van der Waals surface area contributed by atoms with Crippen molar-refractivity contribution in [3.63, 3.8) is 0 Å². The van der Waals surface area contributed by atoms with Gasteiger partial charge in [0, 0.05) is 6.54 Å². The van der Waals surface area contributed by atoms with E-state index in [0.717, 1.165) is 12.0 Å². The second-order valence-electron chi connectivity index (χ2n) is 5.49. The van der Waals surface area contributed by atoms with E-state index in [9.17, 15) is 14.7 Å². The molecular weight excluding hydrogens is 242 g/mol. The highest BCUT2D eigenvalue weighted by molar-refractivity contribution is 5.91. The number of carbonyl (C=O) groups excluding carboxylic acids is 1. The van der Waals surface area contributed by atoms with Crippen molar-refractivity contribution >= 4 is 11.9 Å². The van der Waals surface area contributed by atoms with Gasteiger partial charge in [-0.05, 0) is 32.3 Å². The maximum Gasteiger partial charge on any atom is 0.326 e. The molecule has 0 bridgehead atoms. The lowest BCUT2D eigenvalue weighted by Crippen LogP contribution is -2.48. The Kier molecular flexibility index (Phi) is 3.60. The second-order valence-corrected chi connectivity index (χ2v) is 5.49. The zero-order valence-corrected chi connectivity index (χ0v) is 11.3. The van der Waals surface area contributed by atoms with E-state index in [1.54, 1.807) is 0 Å². The van der Waals surface area contributed by atoms with Crippen LogP contribution in [-0.4, -0.2) is 34.5 Å². The van der Waals surface area contributed by atoms with Crippen LogP contribution in [0.5, 0.6) is 0 Å². The summed E-state index contributed by atoms with van der Waals surface area (Å²) in [4.78, 5) is 25.3. The molecule has 1 saturated heterocycles. The van der Waals surface area contributed by atoms with Crippen molar-refractivity contribution in [3.8, 4) is 0 Å². The average molecular weight is 261 g/mol. The van der Waals surface area contributed by atoms with Gasteiger partial charge < -0.3 is 10.0 Å². The first-order valence-electron chi connectivity index (χ1n) is 6.54. The van der Waals surface area contributed by atoms with Gasteiger partial charge in [-0.15, -0.1) is 0 Å². The topological polar surface area (TPSA) is 57.6 Å². The molecule has 0 radical (unpaired) electrons. The van der Waals surface area contributed by atoms with E-state index in [2.05, 4.69) is 0 Å². The van der Waals surface area contributed by atoms with Crippen LogP contribution in [0, 0.1) is 0 Å². The van der Waals surface area contributed by atoms with Crippen molar-refractivity contribution in [1.82, 2.24) is 4.90 Å². The van der Waals surface area contributed by atoms with E-state index in [0.29, 0.717) is 13.0 Å². The lowest BCUT2D eigenvalue weighted by Gasteiger charge is -2.32. The van der Waals surface area contributed by atoms with Crippen molar-refractivity contribution in [2.75, 3.05) is 6.54 Å². The molecule has 1 aromatic rings. The molecular formula is C15H19NO3. The van der Waals surface area contributed by atoms with Crippen LogP contribution in [0.2, 0.25) is 0 Å². The molecule has 0 aliphatic carbocycles. The molecule has 0 aromatic heterocycles. The van der Waals surface area contributed by atoms with Crippen molar-refractivity contribution in [2.45, 2.75) is 38.1 Å². The highest BCUT2D eigenvalue weighted by atomic mass is 16.4. The van der Waals surface area contributed by atoms with Gasteiger partial charge in [-0.1, -0.05) is 30.3 Å². The molecule has 1 amide bonds. The fourth-order valence-corrected chi connectivity index (χ4v) is 2.60. The van der Waals surface area contributed by atoms with E-state index in [1.165, 1.54) is 4.90 Å². The molecule has 1 N–H and O–H groups in total. The minimum atomic E-state index is -0.908. The molecule has 1 aliphatic rings. The van der Waals surface area contributed by atoms with Gasteiger partial charge in [0.2, 0.25) is 5.91 Å². The van der Waals surface area contributed by atoms with Crippen LogP contribution in [0.25, 0.3) is 0 Å². The molecule has 0 unspecified atom stereocenters. The number of nitrogens with zero attached hydrogens (tertiary/aromatic N) is 1. The Morgan fingerprint density at radius 2 is 1.89 bits per heavy atom. The third kappa shape index (κ3) is 2.48. The molecule has 1 aliphatic heterocycles. The SMILES string of the molecule is CC(C)(C(=O)N1CCC[C@H]1C(=O)O)c1ccccc1.